The zero-order valence-corrected chi connectivity index (χ0v) is 25.5. The lowest BCUT2D eigenvalue weighted by Crippen LogP contribution is -2.21. The maximum absolute atomic E-state index is 12.4. The second-order valence-corrected chi connectivity index (χ2v) is 11.0. The van der Waals surface area contributed by atoms with E-state index in [-0.39, 0.29) is 0 Å². The van der Waals surface area contributed by atoms with E-state index in [1.165, 1.54) is 0 Å². The molecule has 50 heavy (non-hydrogen) atoms. The molecule has 0 amide bonds. The molecule has 0 atom stereocenters. The first-order valence-electron chi connectivity index (χ1n) is 14.2. The quantitative estimate of drug-likeness (QED) is 0.0790. The van der Waals surface area contributed by atoms with E-state index in [4.69, 9.17) is 0 Å². The first-order valence-corrected chi connectivity index (χ1v) is 14.2. The number of carboxylic acids is 9. The highest BCUT2D eigenvalue weighted by molar-refractivity contribution is 6.09. The van der Waals surface area contributed by atoms with Gasteiger partial charge in [0.2, 0.25) is 0 Å². The van der Waals surface area contributed by atoms with Crippen LogP contribution in [0.4, 0.5) is 0 Å². The Morgan fingerprint density at radius 3 is 0.700 bits per heavy atom. The number of fused-ring (bicyclic) bond motifs is 2. The van der Waals surface area contributed by atoms with E-state index in [0.29, 0.717) is 0 Å². The van der Waals surface area contributed by atoms with Gasteiger partial charge >= 0.3 is 53.7 Å². The molecular weight excluding hydrogens is 674 g/mol. The minimum atomic E-state index is -1.69. The van der Waals surface area contributed by atoms with Gasteiger partial charge in [-0.15, -0.1) is 0 Å². The number of hydrogen-bond acceptors (Lipinski definition) is 10. The van der Waals surface area contributed by atoms with E-state index in [1.54, 1.807) is 0 Å². The zero-order chi connectivity index (χ0) is 37.8. The molecule has 264 valence electrons. The van der Waals surface area contributed by atoms with Gasteiger partial charge in [-0.05, 0) is 50.1 Å². The van der Waals surface area contributed by atoms with Crippen molar-refractivity contribution in [2.45, 2.75) is 57.8 Å². The molecule has 0 aliphatic heterocycles. The van der Waals surface area contributed by atoms with Crippen molar-refractivity contribution in [3.05, 3.63) is 50.1 Å². The molecule has 0 aliphatic rings. The summed E-state index contributed by atoms with van der Waals surface area (Å²) in [5.74, 6) is -14.9. The Morgan fingerprint density at radius 1 is 0.280 bits per heavy atom. The van der Waals surface area contributed by atoms with E-state index in [9.17, 15) is 89.1 Å². The van der Waals surface area contributed by atoms with Crippen molar-refractivity contribution in [1.29, 1.82) is 0 Å². The molecule has 1 heterocycles. The number of rotatable bonds is 18. The van der Waals surface area contributed by atoms with E-state index in [0.717, 1.165) is 0 Å². The normalized spacial score (nSPS) is 11.0. The van der Waals surface area contributed by atoms with Crippen LogP contribution in [0.5, 0.6) is 0 Å². The molecule has 0 saturated carbocycles. The third-order valence-corrected chi connectivity index (χ3v) is 7.61. The molecule has 0 unspecified atom stereocenters. The fourth-order valence-corrected chi connectivity index (χ4v) is 6.20. The van der Waals surface area contributed by atoms with Gasteiger partial charge in [0.25, 0.3) is 0 Å². The molecule has 0 fully saturated rings. The fourth-order valence-electron chi connectivity index (χ4n) is 6.20. The lowest BCUT2D eigenvalue weighted by molar-refractivity contribution is -0.138. The van der Waals surface area contributed by atoms with Gasteiger partial charge in [-0.3, -0.25) is 43.2 Å². The molecule has 9 N–H and O–H groups in total. The predicted octanol–water partition coefficient (Wildman–Crippen LogP) is 0.0319. The van der Waals surface area contributed by atoms with Crippen molar-refractivity contribution >= 4 is 75.5 Å². The smallest absolute Gasteiger partial charge is 0.307 e. The van der Waals surface area contributed by atoms with Crippen molar-refractivity contribution in [3.8, 4) is 0 Å². The van der Waals surface area contributed by atoms with Gasteiger partial charge in [0.05, 0.1) is 68.8 Å². The molecule has 2 aromatic carbocycles. The van der Waals surface area contributed by atoms with Crippen molar-refractivity contribution in [1.82, 2.24) is 4.98 Å². The van der Waals surface area contributed by atoms with Gasteiger partial charge in [0, 0.05) is 10.8 Å². The van der Waals surface area contributed by atoms with Crippen LogP contribution in [0, 0.1) is 0 Å². The summed E-state index contributed by atoms with van der Waals surface area (Å²) in [5.41, 5.74) is -5.89. The average Bonchev–Trinajstić information content (AvgIpc) is 2.93. The van der Waals surface area contributed by atoms with Crippen LogP contribution in [0.1, 0.15) is 50.1 Å². The zero-order valence-electron chi connectivity index (χ0n) is 25.5. The monoisotopic (exact) mass is 701 g/mol. The number of pyridine rings is 1. The van der Waals surface area contributed by atoms with Gasteiger partial charge in [-0.2, -0.15) is 0 Å². The summed E-state index contributed by atoms with van der Waals surface area (Å²) < 4.78 is 0. The molecule has 3 rings (SSSR count). The molecule has 3 aromatic rings. The Kier molecular flexibility index (Phi) is 11.4. The molecule has 0 bridgehead atoms. The van der Waals surface area contributed by atoms with Gasteiger partial charge in [-0.1, -0.05) is 0 Å². The Balaban J connectivity index is 3.05. The largest absolute Gasteiger partial charge is 0.481 e. The standard InChI is InChI=1S/C31H27NO18/c33-19(34)1-10-12(3-21(37)38)16(7-25(45)46)30-28(14(10)5-23(41)42)18(9-27(49)50)29-15(6-24(43)44)11(2-20(35)36)13(4-22(39)40)17(8-26(47)48)31(29)32-30/h1-9H2,(H,33,34)(H,35,36)(H,37,38)(H,39,40)(H,41,42)(H,43,44)(H,45,46)(H,47,48)(H,49,50). The summed E-state index contributed by atoms with van der Waals surface area (Å²) in [6.07, 6.45) is -10.0. The molecule has 19 heteroatoms. The number of aliphatic carboxylic acids is 9. The number of hydrogen-bond donors (Lipinski definition) is 9. The van der Waals surface area contributed by atoms with Crippen LogP contribution in [0.25, 0.3) is 21.8 Å². The Hall–Kier alpha value is -6.66. The second-order valence-electron chi connectivity index (χ2n) is 11.0. The average molecular weight is 702 g/mol. The minimum Gasteiger partial charge on any atom is -0.481 e. The van der Waals surface area contributed by atoms with Crippen LogP contribution < -0.4 is 0 Å². The molecular formula is C31H27NO18. The Bertz CT molecular complexity index is 1910. The van der Waals surface area contributed by atoms with Crippen molar-refractivity contribution in [3.63, 3.8) is 0 Å². The van der Waals surface area contributed by atoms with Crippen LogP contribution in [0.3, 0.4) is 0 Å². The summed E-state index contributed by atoms with van der Waals surface area (Å²) in [6, 6.07) is 0. The maximum atomic E-state index is 12.4. The van der Waals surface area contributed by atoms with Gasteiger partial charge < -0.3 is 46.0 Å². The Morgan fingerprint density at radius 2 is 0.460 bits per heavy atom. The lowest BCUT2D eigenvalue weighted by atomic mass is 9.79. The van der Waals surface area contributed by atoms with Crippen molar-refractivity contribution in [2.24, 2.45) is 0 Å². The van der Waals surface area contributed by atoms with Crippen LogP contribution in [0.15, 0.2) is 0 Å². The number of nitrogens with zero attached hydrogens (tertiary/aromatic N) is 1. The molecule has 0 aliphatic carbocycles. The second kappa shape index (κ2) is 15.0. The van der Waals surface area contributed by atoms with Crippen LogP contribution >= 0.6 is 0 Å². The number of aromatic nitrogens is 1. The first-order chi connectivity index (χ1) is 23.2. The van der Waals surface area contributed by atoms with E-state index in [1.807, 2.05) is 0 Å². The van der Waals surface area contributed by atoms with Crippen molar-refractivity contribution in [2.75, 3.05) is 0 Å². The number of benzene rings is 2. The van der Waals surface area contributed by atoms with E-state index in [2.05, 4.69) is 4.98 Å². The highest BCUT2D eigenvalue weighted by Crippen LogP contribution is 2.42. The number of carbonyl (C=O) groups is 9. The maximum Gasteiger partial charge on any atom is 0.307 e. The molecule has 1 aromatic heterocycles. The highest BCUT2D eigenvalue weighted by Gasteiger charge is 2.33. The summed E-state index contributed by atoms with van der Waals surface area (Å²) in [6.45, 7) is 0. The van der Waals surface area contributed by atoms with Crippen LogP contribution in [-0.4, -0.2) is 105 Å². The van der Waals surface area contributed by atoms with Gasteiger partial charge in [0.15, 0.2) is 0 Å². The van der Waals surface area contributed by atoms with E-state index < -0.39 is 183 Å². The van der Waals surface area contributed by atoms with Crippen molar-refractivity contribution < 1.29 is 89.1 Å². The molecule has 0 saturated heterocycles. The van der Waals surface area contributed by atoms with Gasteiger partial charge in [0.1, 0.15) is 0 Å². The summed E-state index contributed by atoms with van der Waals surface area (Å²) in [4.78, 5) is 114. The van der Waals surface area contributed by atoms with Crippen LogP contribution in [-0.2, 0) is 101 Å². The molecule has 0 spiro atoms. The summed E-state index contributed by atoms with van der Waals surface area (Å²) in [5, 5.41) is 87.4. The minimum absolute atomic E-state index is 0.502. The molecule has 0 radical (unpaired) electrons. The van der Waals surface area contributed by atoms with E-state index >= 15 is 0 Å². The first kappa shape index (κ1) is 37.8. The third-order valence-electron chi connectivity index (χ3n) is 7.61. The molecule has 19 nitrogen and oxygen atoms in total. The third kappa shape index (κ3) is 8.43. The summed E-state index contributed by atoms with van der Waals surface area (Å²) >= 11 is 0. The van der Waals surface area contributed by atoms with Gasteiger partial charge in [-0.25, -0.2) is 4.98 Å². The lowest BCUT2D eigenvalue weighted by Gasteiger charge is -2.26. The SMILES string of the molecule is O=C(O)Cc1c(CC(=O)O)c(CC(=O)O)c2c(CC(=O)O)c3c(CC(=O)O)c(CC(=O)O)c(CC(=O)O)c(CC(=O)O)c3nc2c1CC(=O)O. The van der Waals surface area contributed by atoms with Crippen LogP contribution in [0.2, 0.25) is 0 Å². The predicted molar refractivity (Wildman–Crippen MR) is 161 cm³/mol. The fraction of sp³-hybridized carbons (Fsp3) is 0.290. The summed E-state index contributed by atoms with van der Waals surface area (Å²) in [7, 11) is 0. The topological polar surface area (TPSA) is 349 Å². The highest BCUT2D eigenvalue weighted by atomic mass is 16.4. The Labute approximate surface area is 277 Å². The number of carboxylic acid groups (broad SMARTS) is 9.